The smallest absolute Gasteiger partial charge is 0.274 e. The van der Waals surface area contributed by atoms with E-state index < -0.39 is 40.9 Å². The number of benzene rings is 2. The van der Waals surface area contributed by atoms with Crippen LogP contribution in [0.1, 0.15) is 92.7 Å². The number of hydrogen-bond donors (Lipinski definition) is 3. The minimum Gasteiger partial charge on any atom is -0.386 e. The first kappa shape index (κ1) is 40.8. The quantitative estimate of drug-likeness (QED) is 0.133. The van der Waals surface area contributed by atoms with Crippen LogP contribution in [0.5, 0.6) is 0 Å². The molecule has 0 radical (unpaired) electrons. The summed E-state index contributed by atoms with van der Waals surface area (Å²) in [6.07, 6.45) is 9.46. The third-order valence-corrected chi connectivity index (χ3v) is 14.6. The Kier molecular flexibility index (Phi) is 9.68. The van der Waals surface area contributed by atoms with Crippen LogP contribution < -0.4 is 15.5 Å². The molecule has 63 heavy (non-hydrogen) atoms. The fourth-order valence-electron chi connectivity index (χ4n) is 10.9. The summed E-state index contributed by atoms with van der Waals surface area (Å²) in [6.45, 7) is 14.2. The van der Waals surface area contributed by atoms with E-state index in [0.717, 1.165) is 62.5 Å². The second-order valence-electron chi connectivity index (χ2n) is 18.6. The van der Waals surface area contributed by atoms with Crippen molar-refractivity contribution in [1.82, 2.24) is 34.5 Å². The Morgan fingerprint density at radius 3 is 2.29 bits per heavy atom. The van der Waals surface area contributed by atoms with E-state index in [-0.39, 0.29) is 41.3 Å². The highest BCUT2D eigenvalue weighted by Gasteiger charge is 2.53. The number of halogens is 2. The first-order chi connectivity index (χ1) is 30.1. The number of piperidine rings is 1. The number of imide groups is 1. The molecule has 3 aliphatic heterocycles. The van der Waals surface area contributed by atoms with Crippen LogP contribution in [0, 0.1) is 24.1 Å². The summed E-state index contributed by atoms with van der Waals surface area (Å²) >= 11 is 0. The number of aromatic nitrogens is 4. The zero-order valence-electron chi connectivity index (χ0n) is 35.2. The van der Waals surface area contributed by atoms with Crippen molar-refractivity contribution in [3.8, 4) is 0 Å². The Hall–Kier alpha value is -6.25. The highest BCUT2D eigenvalue weighted by molar-refractivity contribution is 6.05. The minimum atomic E-state index is -1.28. The number of carbonyl (C=O) groups excluding carboxylic acids is 4. The number of nitrogens with one attached hydrogen (secondary N) is 2. The van der Waals surface area contributed by atoms with Gasteiger partial charge in [-0.25, -0.2) is 18.1 Å². The maximum atomic E-state index is 15.2. The van der Waals surface area contributed by atoms with Gasteiger partial charge < -0.3 is 20.2 Å². The van der Waals surface area contributed by atoms with Gasteiger partial charge in [-0.3, -0.25) is 34.1 Å². The molecular formula is C46H48F2N10O5. The van der Waals surface area contributed by atoms with Crippen molar-refractivity contribution in [2.45, 2.75) is 87.8 Å². The van der Waals surface area contributed by atoms with Crippen molar-refractivity contribution < 1.29 is 33.1 Å². The fourth-order valence-corrected chi connectivity index (χ4v) is 10.9. The van der Waals surface area contributed by atoms with Gasteiger partial charge in [-0.05, 0) is 101 Å². The average Bonchev–Trinajstić information content (AvgIpc) is 3.88. The third kappa shape index (κ3) is 6.99. The Morgan fingerprint density at radius 2 is 1.63 bits per heavy atom. The lowest BCUT2D eigenvalue weighted by atomic mass is 9.60. The second-order valence-corrected chi connectivity index (χ2v) is 18.6. The normalized spacial score (nSPS) is 24.4. The Balaban J connectivity index is 0.762. The number of anilines is 2. The van der Waals surface area contributed by atoms with Crippen LogP contribution in [-0.4, -0.2) is 103 Å². The number of hydrogen-bond acceptors (Lipinski definition) is 9. The molecule has 11 rings (SSSR count). The van der Waals surface area contributed by atoms with E-state index in [4.69, 9.17) is 11.7 Å². The molecule has 326 valence electrons. The third-order valence-electron chi connectivity index (χ3n) is 14.6. The SMILES string of the molecule is [C-]#[N+]c1cnn2c(C(=O)Nc3cc4cn(C56CCC(N7CCN(C(=O)C8CN(c9cc(F)c([C@H]%10CCC(=O)NC%10=O)c(F)c9)C8)CC7)(CC5)CC6)nc4cc3C(C)(C)O)ccc2c1. The summed E-state index contributed by atoms with van der Waals surface area (Å²) in [7, 11) is 0. The van der Waals surface area contributed by atoms with Crippen LogP contribution in [-0.2, 0) is 25.5 Å². The topological polar surface area (TPSA) is 162 Å². The summed E-state index contributed by atoms with van der Waals surface area (Å²) in [4.78, 5) is 60.7. The molecule has 4 amide bonds. The van der Waals surface area contributed by atoms with Crippen molar-refractivity contribution in [3.05, 3.63) is 94.7 Å². The molecule has 0 unspecified atom stereocenters. The van der Waals surface area contributed by atoms with Crippen molar-refractivity contribution in [2.75, 3.05) is 49.5 Å². The highest BCUT2D eigenvalue weighted by atomic mass is 19.1. The van der Waals surface area contributed by atoms with Gasteiger partial charge in [0.25, 0.3) is 5.91 Å². The fraction of sp³-hybridized carbons (Fsp3) is 0.457. The lowest BCUT2D eigenvalue weighted by molar-refractivity contribution is -0.141. The zero-order valence-corrected chi connectivity index (χ0v) is 35.2. The lowest BCUT2D eigenvalue weighted by Crippen LogP contribution is -2.64. The number of amides is 4. The van der Waals surface area contributed by atoms with Crippen molar-refractivity contribution >= 4 is 57.1 Å². The van der Waals surface area contributed by atoms with Crippen LogP contribution in [0.3, 0.4) is 0 Å². The van der Waals surface area contributed by atoms with Crippen molar-refractivity contribution in [2.24, 2.45) is 5.92 Å². The van der Waals surface area contributed by atoms with Crippen LogP contribution in [0.2, 0.25) is 0 Å². The Bertz CT molecular complexity index is 2720. The molecule has 3 saturated carbocycles. The summed E-state index contributed by atoms with van der Waals surface area (Å²) in [6, 6.07) is 11.2. The van der Waals surface area contributed by atoms with Gasteiger partial charge in [0.2, 0.25) is 23.4 Å². The molecule has 3 N–H and O–H groups in total. The Labute approximate surface area is 361 Å². The van der Waals surface area contributed by atoms with Gasteiger partial charge in [0.05, 0.1) is 46.8 Å². The molecule has 3 aliphatic carbocycles. The molecule has 15 nitrogen and oxygen atoms in total. The van der Waals surface area contributed by atoms with E-state index in [2.05, 4.69) is 36.4 Å². The molecule has 2 bridgehead atoms. The predicted octanol–water partition coefficient (Wildman–Crippen LogP) is 5.60. The first-order valence-electron chi connectivity index (χ1n) is 21.7. The molecule has 6 heterocycles. The number of piperazine rings is 1. The van der Waals surface area contributed by atoms with Gasteiger partial charge in [0, 0.05) is 85.3 Å². The maximum absolute atomic E-state index is 15.2. The van der Waals surface area contributed by atoms with Gasteiger partial charge >= 0.3 is 0 Å². The molecular weight excluding hydrogens is 811 g/mol. The zero-order chi connectivity index (χ0) is 44.0. The molecule has 3 saturated heterocycles. The molecule has 5 aromatic rings. The van der Waals surface area contributed by atoms with E-state index in [0.29, 0.717) is 60.0 Å². The van der Waals surface area contributed by atoms with E-state index in [1.807, 2.05) is 17.0 Å². The molecule has 6 fully saturated rings. The summed E-state index contributed by atoms with van der Waals surface area (Å²) in [5, 5.41) is 26.6. The van der Waals surface area contributed by atoms with Crippen molar-refractivity contribution in [3.63, 3.8) is 0 Å². The number of nitrogens with zero attached hydrogens (tertiary/aromatic N) is 8. The number of carbonyl (C=O) groups is 4. The van der Waals surface area contributed by atoms with Crippen molar-refractivity contribution in [1.29, 1.82) is 0 Å². The summed E-state index contributed by atoms with van der Waals surface area (Å²) in [5.74, 6) is -4.47. The molecule has 0 spiro atoms. The van der Waals surface area contributed by atoms with Crippen LogP contribution >= 0.6 is 0 Å². The van der Waals surface area contributed by atoms with E-state index in [9.17, 15) is 24.3 Å². The average molecular weight is 859 g/mol. The van der Waals surface area contributed by atoms with Gasteiger partial charge in [0.1, 0.15) is 17.3 Å². The molecule has 3 aromatic heterocycles. The van der Waals surface area contributed by atoms with E-state index in [1.54, 1.807) is 36.9 Å². The summed E-state index contributed by atoms with van der Waals surface area (Å²) in [5.41, 5.74) is 1.70. The molecule has 6 aliphatic rings. The van der Waals surface area contributed by atoms with Crippen LogP contribution in [0.15, 0.2) is 54.9 Å². The van der Waals surface area contributed by atoms with Gasteiger partial charge in [0.15, 0.2) is 0 Å². The predicted molar refractivity (Wildman–Crippen MR) is 228 cm³/mol. The van der Waals surface area contributed by atoms with E-state index in [1.165, 1.54) is 22.8 Å². The number of aliphatic hydroxyl groups is 1. The standard InChI is InChI=1S/C46H48F2N10O5/c1-44(2,63)33-22-36-27(18-37(33)51-42(61)38-6-4-30-19-29(49-3)23-50-58(30)38)26-57(53-36)46-11-8-45(9-12-46,10-13-46)56-16-14-54(15-17-56)43(62)28-24-55(25-28)31-20-34(47)40(35(48)21-31)32-5-7-39(59)52-41(32)60/h4,6,18-23,26,28,32,63H,5,7-17,24-25H2,1-2H3,(H,51,61)(H,52,59,60)/t32-,45?,46?/m1/s1. The van der Waals surface area contributed by atoms with E-state index >= 15 is 8.78 Å². The maximum Gasteiger partial charge on any atom is 0.274 e. The minimum absolute atomic E-state index is 0.0223. The number of rotatable bonds is 8. The molecule has 17 heteroatoms. The number of fused-ring (bicyclic) bond motifs is 5. The highest BCUT2D eigenvalue weighted by Crippen LogP contribution is 2.54. The second kappa shape index (κ2) is 14.9. The molecule has 2 aromatic carbocycles. The first-order valence-corrected chi connectivity index (χ1v) is 21.7. The van der Waals surface area contributed by atoms with Gasteiger partial charge in [-0.15, -0.1) is 0 Å². The van der Waals surface area contributed by atoms with Crippen LogP contribution in [0.25, 0.3) is 21.3 Å². The monoisotopic (exact) mass is 858 g/mol. The summed E-state index contributed by atoms with van der Waals surface area (Å²) < 4.78 is 34.0. The molecule has 1 atom stereocenters. The Morgan fingerprint density at radius 1 is 0.952 bits per heavy atom. The lowest BCUT2D eigenvalue weighted by Gasteiger charge is -2.59. The van der Waals surface area contributed by atoms with Crippen LogP contribution in [0.4, 0.5) is 25.8 Å². The van der Waals surface area contributed by atoms with Gasteiger partial charge in [-0.1, -0.05) is 0 Å². The largest absolute Gasteiger partial charge is 0.386 e. The van der Waals surface area contributed by atoms with Gasteiger partial charge in [-0.2, -0.15) is 10.2 Å².